The molecule has 0 fully saturated rings. The van der Waals surface area contributed by atoms with Gasteiger partial charge in [0.05, 0.1) is 10.4 Å². The van der Waals surface area contributed by atoms with Crippen molar-refractivity contribution in [2.75, 3.05) is 32.1 Å². The number of anilines is 1. The Hall–Kier alpha value is -0.260. The number of thiazole rings is 1. The first kappa shape index (κ1) is 9.83. The molecule has 5 heteroatoms. The highest BCUT2D eigenvalue weighted by atomic mass is 32.2. The topological polar surface area (TPSA) is 42.2 Å². The maximum absolute atomic E-state index is 5.49. The van der Waals surface area contributed by atoms with Gasteiger partial charge < -0.3 is 10.6 Å². The summed E-state index contributed by atoms with van der Waals surface area (Å²) >= 11 is 3.35. The maximum atomic E-state index is 5.49. The van der Waals surface area contributed by atoms with Crippen LogP contribution in [0.1, 0.15) is 0 Å². The van der Waals surface area contributed by atoms with Crippen LogP contribution in [0.25, 0.3) is 0 Å². The molecular formula is C7H13N3S2. The van der Waals surface area contributed by atoms with Gasteiger partial charge in [0.25, 0.3) is 0 Å². The summed E-state index contributed by atoms with van der Waals surface area (Å²) in [5, 5.41) is 0.655. The second-order valence-corrected chi connectivity index (χ2v) is 5.13. The lowest BCUT2D eigenvalue weighted by molar-refractivity contribution is 0.437. The van der Waals surface area contributed by atoms with Crippen LogP contribution in [0.3, 0.4) is 0 Å². The van der Waals surface area contributed by atoms with Crippen LogP contribution >= 0.6 is 23.1 Å². The van der Waals surface area contributed by atoms with Gasteiger partial charge in [-0.25, -0.2) is 4.98 Å². The van der Waals surface area contributed by atoms with Crippen LogP contribution in [-0.4, -0.2) is 36.3 Å². The Morgan fingerprint density at radius 3 is 2.92 bits per heavy atom. The first-order valence-corrected chi connectivity index (χ1v) is 5.47. The fraction of sp³-hybridized carbons (Fsp3) is 0.571. The number of hydrogen-bond donors (Lipinski definition) is 1. The molecule has 0 atom stereocenters. The molecule has 0 amide bonds. The van der Waals surface area contributed by atoms with Crippen molar-refractivity contribution < 1.29 is 0 Å². The Morgan fingerprint density at radius 1 is 1.67 bits per heavy atom. The van der Waals surface area contributed by atoms with Crippen molar-refractivity contribution in [3.8, 4) is 0 Å². The van der Waals surface area contributed by atoms with Crippen LogP contribution in [0.5, 0.6) is 0 Å². The number of nitrogen functional groups attached to an aromatic ring is 1. The van der Waals surface area contributed by atoms with Crippen molar-refractivity contribution in [3.63, 3.8) is 0 Å². The third-order valence-corrected chi connectivity index (χ3v) is 3.29. The van der Waals surface area contributed by atoms with Gasteiger partial charge in [0, 0.05) is 12.3 Å². The van der Waals surface area contributed by atoms with E-state index in [0.717, 1.165) is 12.3 Å². The van der Waals surface area contributed by atoms with E-state index < -0.39 is 0 Å². The van der Waals surface area contributed by atoms with Gasteiger partial charge in [0.15, 0.2) is 5.13 Å². The van der Waals surface area contributed by atoms with Crippen LogP contribution in [0, 0.1) is 0 Å². The monoisotopic (exact) mass is 203 g/mol. The Morgan fingerprint density at radius 2 is 2.42 bits per heavy atom. The average Bonchev–Trinajstić information content (AvgIpc) is 2.35. The molecule has 0 radical (unpaired) electrons. The fourth-order valence-electron chi connectivity index (χ4n) is 0.668. The third kappa shape index (κ3) is 3.42. The van der Waals surface area contributed by atoms with E-state index in [1.165, 1.54) is 4.21 Å². The second-order valence-electron chi connectivity index (χ2n) is 2.67. The zero-order valence-electron chi connectivity index (χ0n) is 7.28. The van der Waals surface area contributed by atoms with Gasteiger partial charge in [-0.2, -0.15) is 0 Å². The van der Waals surface area contributed by atoms with Crippen molar-refractivity contribution >= 4 is 28.2 Å². The largest absolute Gasteiger partial charge is 0.375 e. The van der Waals surface area contributed by atoms with E-state index in [2.05, 4.69) is 24.0 Å². The van der Waals surface area contributed by atoms with E-state index in [9.17, 15) is 0 Å². The molecule has 1 aromatic rings. The first-order chi connectivity index (χ1) is 5.68. The van der Waals surface area contributed by atoms with Crippen molar-refractivity contribution in [2.24, 2.45) is 0 Å². The molecule has 0 saturated carbocycles. The Bertz CT molecular complexity index is 234. The highest BCUT2D eigenvalue weighted by molar-refractivity contribution is 8.01. The van der Waals surface area contributed by atoms with Crippen LogP contribution in [0.2, 0.25) is 0 Å². The first-order valence-electron chi connectivity index (χ1n) is 3.67. The summed E-state index contributed by atoms with van der Waals surface area (Å²) in [5.41, 5.74) is 5.49. The fourth-order valence-corrected chi connectivity index (χ4v) is 2.61. The minimum atomic E-state index is 0.655. The highest BCUT2D eigenvalue weighted by Crippen LogP contribution is 2.25. The minimum absolute atomic E-state index is 0.655. The number of nitrogens with two attached hydrogens (primary N) is 1. The van der Waals surface area contributed by atoms with Crippen molar-refractivity contribution in [2.45, 2.75) is 4.21 Å². The molecule has 0 aromatic carbocycles. The lowest BCUT2D eigenvalue weighted by Gasteiger charge is -2.06. The molecule has 68 valence electrons. The molecule has 2 N–H and O–H groups in total. The van der Waals surface area contributed by atoms with Crippen LogP contribution in [-0.2, 0) is 0 Å². The number of rotatable bonds is 4. The summed E-state index contributed by atoms with van der Waals surface area (Å²) in [7, 11) is 4.14. The predicted octanol–water partition coefficient (Wildman–Crippen LogP) is 1.38. The van der Waals surface area contributed by atoms with E-state index in [-0.39, 0.29) is 0 Å². The van der Waals surface area contributed by atoms with Gasteiger partial charge in [-0.05, 0) is 14.1 Å². The van der Waals surface area contributed by atoms with Gasteiger partial charge in [0.1, 0.15) is 0 Å². The van der Waals surface area contributed by atoms with Gasteiger partial charge >= 0.3 is 0 Å². The van der Waals surface area contributed by atoms with Gasteiger partial charge in [-0.3, -0.25) is 0 Å². The van der Waals surface area contributed by atoms with E-state index in [1.54, 1.807) is 23.1 Å². The lowest BCUT2D eigenvalue weighted by Crippen LogP contribution is -2.14. The molecule has 0 aliphatic rings. The van der Waals surface area contributed by atoms with E-state index >= 15 is 0 Å². The number of hydrogen-bond acceptors (Lipinski definition) is 5. The van der Waals surface area contributed by atoms with E-state index in [1.807, 2.05) is 6.20 Å². The molecule has 1 heterocycles. The molecule has 1 rings (SSSR count). The molecule has 0 aliphatic carbocycles. The third-order valence-electron chi connectivity index (χ3n) is 1.29. The standard InChI is InChI=1S/C7H13N3S2/c1-10(2)3-4-11-6-5-9-7(8)12-6/h5H,3-4H2,1-2H3,(H2,8,9). The summed E-state index contributed by atoms with van der Waals surface area (Å²) in [5.74, 6) is 1.09. The molecular weight excluding hydrogens is 190 g/mol. The quantitative estimate of drug-likeness (QED) is 0.751. The molecule has 3 nitrogen and oxygen atoms in total. The highest BCUT2D eigenvalue weighted by Gasteiger charge is 1.98. The lowest BCUT2D eigenvalue weighted by atomic mass is 10.7. The zero-order valence-corrected chi connectivity index (χ0v) is 8.91. The van der Waals surface area contributed by atoms with Crippen molar-refractivity contribution in [1.82, 2.24) is 9.88 Å². The summed E-state index contributed by atoms with van der Waals surface area (Å²) < 4.78 is 1.20. The number of nitrogens with zero attached hydrogens (tertiary/aromatic N) is 2. The summed E-state index contributed by atoms with van der Waals surface area (Å²) in [6.45, 7) is 1.09. The van der Waals surface area contributed by atoms with E-state index in [0.29, 0.717) is 5.13 Å². The minimum Gasteiger partial charge on any atom is -0.375 e. The van der Waals surface area contributed by atoms with E-state index in [4.69, 9.17) is 5.73 Å². The Kier molecular flexibility index (Phi) is 3.84. The van der Waals surface area contributed by atoms with Crippen LogP contribution < -0.4 is 5.73 Å². The Balaban J connectivity index is 2.24. The molecule has 12 heavy (non-hydrogen) atoms. The summed E-state index contributed by atoms with van der Waals surface area (Å²) in [4.78, 5) is 6.14. The van der Waals surface area contributed by atoms with Gasteiger partial charge in [0.2, 0.25) is 0 Å². The number of thioether (sulfide) groups is 1. The molecule has 0 aliphatic heterocycles. The zero-order chi connectivity index (χ0) is 8.97. The predicted molar refractivity (Wildman–Crippen MR) is 55.8 cm³/mol. The van der Waals surface area contributed by atoms with Gasteiger partial charge in [-0.15, -0.1) is 11.8 Å². The van der Waals surface area contributed by atoms with Gasteiger partial charge in [-0.1, -0.05) is 11.3 Å². The summed E-state index contributed by atoms with van der Waals surface area (Å²) in [6, 6.07) is 0. The smallest absolute Gasteiger partial charge is 0.181 e. The molecule has 0 unspecified atom stereocenters. The Labute approximate surface area is 81.0 Å². The average molecular weight is 203 g/mol. The normalized spacial score (nSPS) is 10.9. The van der Waals surface area contributed by atoms with Crippen LogP contribution in [0.4, 0.5) is 5.13 Å². The summed E-state index contributed by atoms with van der Waals surface area (Å²) in [6.07, 6.45) is 1.83. The number of aromatic nitrogens is 1. The SMILES string of the molecule is CN(C)CCSc1cnc(N)s1. The van der Waals surface area contributed by atoms with Crippen LogP contribution in [0.15, 0.2) is 10.4 Å². The van der Waals surface area contributed by atoms with Crippen molar-refractivity contribution in [3.05, 3.63) is 6.20 Å². The molecule has 0 bridgehead atoms. The molecule has 0 saturated heterocycles. The molecule has 1 aromatic heterocycles. The second kappa shape index (κ2) is 4.69. The molecule has 0 spiro atoms. The van der Waals surface area contributed by atoms with Crippen molar-refractivity contribution in [1.29, 1.82) is 0 Å². The maximum Gasteiger partial charge on any atom is 0.181 e.